The van der Waals surface area contributed by atoms with Crippen LogP contribution in [0.3, 0.4) is 0 Å². The van der Waals surface area contributed by atoms with Gasteiger partial charge < -0.3 is 10.5 Å². The van der Waals surface area contributed by atoms with Gasteiger partial charge in [0.1, 0.15) is 6.54 Å². The van der Waals surface area contributed by atoms with E-state index in [-0.39, 0.29) is 30.2 Å². The smallest absolute Gasteiger partial charge is 0.184 e. The zero-order valence-corrected chi connectivity index (χ0v) is 10.3. The highest BCUT2D eigenvalue weighted by Crippen LogP contribution is 2.18. The number of nitrogens with two attached hydrogens (primary N) is 1. The van der Waals surface area contributed by atoms with E-state index in [2.05, 4.69) is 10.3 Å². The number of hydrogen-bond acceptors (Lipinski definition) is 5. The van der Waals surface area contributed by atoms with Gasteiger partial charge in [0.05, 0.1) is 19.0 Å². The summed E-state index contributed by atoms with van der Waals surface area (Å²) in [6.07, 6.45) is 1.58. The van der Waals surface area contributed by atoms with E-state index in [1.165, 1.54) is 23.9 Å². The van der Waals surface area contributed by atoms with Gasteiger partial charge in [-0.25, -0.2) is 9.07 Å². The van der Waals surface area contributed by atoms with Crippen LogP contribution in [0, 0.1) is 5.82 Å². The van der Waals surface area contributed by atoms with Gasteiger partial charge in [-0.1, -0.05) is 5.21 Å². The molecule has 0 aliphatic carbocycles. The summed E-state index contributed by atoms with van der Waals surface area (Å²) in [5.41, 5.74) is 6.24. The molecular formula is C12H13FN4O2. The molecule has 0 aliphatic heterocycles. The van der Waals surface area contributed by atoms with Crippen LogP contribution in [0.4, 0.5) is 4.39 Å². The molecule has 100 valence electrons. The molecule has 0 aliphatic rings. The fourth-order valence-electron chi connectivity index (χ4n) is 1.59. The molecule has 2 N–H and O–H groups in total. The Labute approximate surface area is 109 Å². The Balaban J connectivity index is 2.13. The van der Waals surface area contributed by atoms with E-state index in [1.807, 2.05) is 0 Å². The second kappa shape index (κ2) is 5.57. The number of hydrogen-bond donors (Lipinski definition) is 1. The second-order valence-electron chi connectivity index (χ2n) is 3.88. The summed E-state index contributed by atoms with van der Waals surface area (Å²) in [6, 6.07) is 4.06. The number of ketones is 1. The summed E-state index contributed by atoms with van der Waals surface area (Å²) in [6.45, 7) is 0.240. The zero-order valence-electron chi connectivity index (χ0n) is 10.3. The van der Waals surface area contributed by atoms with Crippen LogP contribution in [0.5, 0.6) is 5.75 Å². The highest BCUT2D eigenvalue weighted by atomic mass is 19.1. The standard InChI is InChI=1S/C12H13FN4O2/c1-19-12-3-2-8(4-10(12)13)11(18)7-17-6-9(5-14)15-16-17/h2-4,6H,5,7,14H2,1H3. The summed E-state index contributed by atoms with van der Waals surface area (Å²) in [5.74, 6) is -0.743. The van der Waals surface area contributed by atoms with Crippen molar-refractivity contribution >= 4 is 5.78 Å². The van der Waals surface area contributed by atoms with E-state index in [0.29, 0.717) is 5.69 Å². The van der Waals surface area contributed by atoms with Crippen molar-refractivity contribution in [3.05, 3.63) is 41.5 Å². The first kappa shape index (κ1) is 13.2. The molecule has 1 aromatic carbocycles. The lowest BCUT2D eigenvalue weighted by atomic mass is 10.1. The monoisotopic (exact) mass is 264 g/mol. The molecule has 0 radical (unpaired) electrons. The minimum atomic E-state index is -0.574. The quantitative estimate of drug-likeness (QED) is 0.806. The Bertz CT molecular complexity index is 597. The highest BCUT2D eigenvalue weighted by molar-refractivity contribution is 5.95. The summed E-state index contributed by atoms with van der Waals surface area (Å²) in [4.78, 5) is 11.9. The third-order valence-corrected chi connectivity index (χ3v) is 2.57. The van der Waals surface area contributed by atoms with Gasteiger partial charge in [-0.15, -0.1) is 5.10 Å². The third kappa shape index (κ3) is 2.94. The van der Waals surface area contributed by atoms with Gasteiger partial charge >= 0.3 is 0 Å². The first-order valence-electron chi connectivity index (χ1n) is 5.60. The topological polar surface area (TPSA) is 83.0 Å². The highest BCUT2D eigenvalue weighted by Gasteiger charge is 2.11. The Hall–Kier alpha value is -2.28. The molecule has 2 rings (SSSR count). The Morgan fingerprint density at radius 2 is 2.32 bits per heavy atom. The van der Waals surface area contributed by atoms with Crippen LogP contribution in [0.15, 0.2) is 24.4 Å². The van der Waals surface area contributed by atoms with Crippen LogP contribution in [-0.4, -0.2) is 27.9 Å². The number of Topliss-reactive ketones (excluding diaryl/α,β-unsaturated/α-hetero) is 1. The lowest BCUT2D eigenvalue weighted by molar-refractivity contribution is 0.0966. The minimum Gasteiger partial charge on any atom is -0.494 e. The van der Waals surface area contributed by atoms with Crippen molar-refractivity contribution < 1.29 is 13.9 Å². The third-order valence-electron chi connectivity index (χ3n) is 2.57. The number of carbonyl (C=O) groups is 1. The number of nitrogens with zero attached hydrogens (tertiary/aromatic N) is 3. The van der Waals surface area contributed by atoms with Crippen LogP contribution < -0.4 is 10.5 Å². The molecule has 0 bridgehead atoms. The lowest BCUT2D eigenvalue weighted by Gasteiger charge is -2.04. The SMILES string of the molecule is COc1ccc(C(=O)Cn2cc(CN)nn2)cc1F. The van der Waals surface area contributed by atoms with Gasteiger partial charge in [-0.2, -0.15) is 0 Å². The van der Waals surface area contributed by atoms with Crippen LogP contribution in [0.25, 0.3) is 0 Å². The maximum absolute atomic E-state index is 13.5. The van der Waals surface area contributed by atoms with E-state index in [1.54, 1.807) is 6.20 Å². The summed E-state index contributed by atoms with van der Waals surface area (Å²) in [5, 5.41) is 7.52. The number of aromatic nitrogens is 3. The molecule has 2 aromatic rings. The van der Waals surface area contributed by atoms with Gasteiger partial charge in [-0.05, 0) is 18.2 Å². The largest absolute Gasteiger partial charge is 0.494 e. The molecule has 0 saturated carbocycles. The molecule has 0 saturated heterocycles. The van der Waals surface area contributed by atoms with E-state index >= 15 is 0 Å². The normalized spacial score (nSPS) is 10.5. The molecule has 1 aromatic heterocycles. The first-order valence-corrected chi connectivity index (χ1v) is 5.60. The lowest BCUT2D eigenvalue weighted by Crippen LogP contribution is -2.11. The Kier molecular flexibility index (Phi) is 3.86. The fraction of sp³-hybridized carbons (Fsp3) is 0.250. The van der Waals surface area contributed by atoms with Crippen molar-refractivity contribution in [1.29, 1.82) is 0 Å². The molecule has 7 heteroatoms. The van der Waals surface area contributed by atoms with Crippen molar-refractivity contribution in [1.82, 2.24) is 15.0 Å². The maximum atomic E-state index is 13.5. The van der Waals surface area contributed by atoms with Crippen molar-refractivity contribution in [2.24, 2.45) is 5.73 Å². The van der Waals surface area contributed by atoms with Gasteiger partial charge in [0.25, 0.3) is 0 Å². The predicted molar refractivity (Wildman–Crippen MR) is 65.2 cm³/mol. The van der Waals surface area contributed by atoms with Gasteiger partial charge in [0.15, 0.2) is 17.3 Å². The van der Waals surface area contributed by atoms with Crippen LogP contribution in [-0.2, 0) is 13.1 Å². The molecule has 1 heterocycles. The van der Waals surface area contributed by atoms with Gasteiger partial charge in [0, 0.05) is 12.1 Å². The Morgan fingerprint density at radius 1 is 1.53 bits per heavy atom. The molecule has 0 fully saturated rings. The number of carbonyl (C=O) groups excluding carboxylic acids is 1. The molecule has 0 spiro atoms. The van der Waals surface area contributed by atoms with Crippen molar-refractivity contribution in [2.45, 2.75) is 13.1 Å². The average Bonchev–Trinajstić information content (AvgIpc) is 2.86. The molecule has 0 amide bonds. The Morgan fingerprint density at radius 3 is 2.89 bits per heavy atom. The fourth-order valence-corrected chi connectivity index (χ4v) is 1.59. The van der Waals surface area contributed by atoms with E-state index < -0.39 is 5.82 Å². The summed E-state index contributed by atoms with van der Waals surface area (Å²) < 4.78 is 19.6. The van der Waals surface area contributed by atoms with E-state index in [9.17, 15) is 9.18 Å². The van der Waals surface area contributed by atoms with Gasteiger partial charge in [0.2, 0.25) is 0 Å². The number of rotatable bonds is 5. The number of methoxy groups -OCH3 is 1. The van der Waals surface area contributed by atoms with Gasteiger partial charge in [-0.3, -0.25) is 4.79 Å². The predicted octanol–water partition coefficient (Wildman–Crippen LogP) is 0.767. The summed E-state index contributed by atoms with van der Waals surface area (Å²) >= 11 is 0. The average molecular weight is 264 g/mol. The van der Waals surface area contributed by atoms with E-state index in [0.717, 1.165) is 6.07 Å². The number of ether oxygens (including phenoxy) is 1. The number of benzene rings is 1. The minimum absolute atomic E-state index is 0.0151. The zero-order chi connectivity index (χ0) is 13.8. The van der Waals surface area contributed by atoms with Crippen LogP contribution in [0.1, 0.15) is 16.1 Å². The van der Waals surface area contributed by atoms with Crippen molar-refractivity contribution in [2.75, 3.05) is 7.11 Å². The first-order chi connectivity index (χ1) is 9.13. The second-order valence-corrected chi connectivity index (χ2v) is 3.88. The van der Waals surface area contributed by atoms with Crippen molar-refractivity contribution in [3.8, 4) is 5.75 Å². The molecular weight excluding hydrogens is 251 g/mol. The molecule has 0 unspecified atom stereocenters. The maximum Gasteiger partial charge on any atom is 0.184 e. The van der Waals surface area contributed by atoms with Crippen molar-refractivity contribution in [3.63, 3.8) is 0 Å². The van der Waals surface area contributed by atoms with E-state index in [4.69, 9.17) is 10.5 Å². The molecule has 0 atom stereocenters. The molecule has 19 heavy (non-hydrogen) atoms. The summed E-state index contributed by atoms with van der Waals surface area (Å²) in [7, 11) is 1.36. The molecule has 6 nitrogen and oxygen atoms in total. The van der Waals surface area contributed by atoms with Crippen LogP contribution in [0.2, 0.25) is 0 Å². The van der Waals surface area contributed by atoms with Crippen LogP contribution >= 0.6 is 0 Å². The number of halogens is 1.